The molecular weight excluding hydrogens is 208 g/mol. The van der Waals surface area contributed by atoms with Crippen LogP contribution in [0.3, 0.4) is 0 Å². The van der Waals surface area contributed by atoms with Crippen molar-refractivity contribution in [2.24, 2.45) is 0 Å². The van der Waals surface area contributed by atoms with Gasteiger partial charge >= 0.3 is 12.0 Å². The molecular formula is C6H8N4O3S. The van der Waals surface area contributed by atoms with Gasteiger partial charge in [-0.25, -0.2) is 9.78 Å². The molecule has 0 aliphatic heterocycles. The van der Waals surface area contributed by atoms with Crippen molar-refractivity contribution in [2.75, 3.05) is 11.9 Å². The first-order valence-electron chi connectivity index (χ1n) is 3.65. The van der Waals surface area contributed by atoms with E-state index in [0.29, 0.717) is 11.0 Å². The molecule has 3 N–H and O–H groups in total. The predicted octanol–water partition coefficient (Wildman–Crippen LogP) is 0.0526. The Kier molecular flexibility index (Phi) is 3.35. The molecule has 0 radical (unpaired) electrons. The number of nitrogens with zero attached hydrogens (tertiary/aromatic N) is 2. The first kappa shape index (κ1) is 10.4. The van der Waals surface area contributed by atoms with Gasteiger partial charge in [-0.15, -0.1) is 0 Å². The van der Waals surface area contributed by atoms with Gasteiger partial charge < -0.3 is 10.4 Å². The third kappa shape index (κ3) is 3.35. The van der Waals surface area contributed by atoms with Crippen LogP contribution < -0.4 is 10.6 Å². The maximum atomic E-state index is 11.0. The standard InChI is InChI=1S/C6H8N4O3S/c1-3-8-6(14-10-3)9-5(13)7-2-4(11)12/h2H2,1H3,(H,11,12)(H2,7,8,9,10,13). The van der Waals surface area contributed by atoms with E-state index in [9.17, 15) is 9.59 Å². The van der Waals surface area contributed by atoms with Crippen LogP contribution in [0.25, 0.3) is 0 Å². The summed E-state index contributed by atoms with van der Waals surface area (Å²) in [6.07, 6.45) is 0. The number of carboxylic acids is 1. The Morgan fingerprint density at radius 2 is 2.29 bits per heavy atom. The van der Waals surface area contributed by atoms with Crippen LogP contribution in [0.1, 0.15) is 5.82 Å². The van der Waals surface area contributed by atoms with Crippen LogP contribution in [-0.4, -0.2) is 33.0 Å². The van der Waals surface area contributed by atoms with E-state index in [-0.39, 0.29) is 0 Å². The maximum absolute atomic E-state index is 11.0. The van der Waals surface area contributed by atoms with E-state index in [0.717, 1.165) is 11.5 Å². The molecule has 7 nitrogen and oxygen atoms in total. The summed E-state index contributed by atoms with van der Waals surface area (Å²) in [5, 5.41) is 13.1. The lowest BCUT2D eigenvalue weighted by Crippen LogP contribution is -2.33. The molecule has 1 aromatic rings. The summed E-state index contributed by atoms with van der Waals surface area (Å²) in [7, 11) is 0. The zero-order chi connectivity index (χ0) is 10.6. The van der Waals surface area contributed by atoms with E-state index < -0.39 is 18.5 Å². The number of aryl methyl sites for hydroxylation is 1. The fourth-order valence-corrected chi connectivity index (χ4v) is 1.22. The lowest BCUT2D eigenvalue weighted by atomic mass is 10.6. The molecule has 0 aliphatic rings. The Labute approximate surface area is 83.3 Å². The molecule has 0 unspecified atom stereocenters. The topological polar surface area (TPSA) is 104 Å². The third-order valence-electron chi connectivity index (χ3n) is 1.15. The number of carbonyl (C=O) groups is 2. The molecule has 1 heterocycles. The van der Waals surface area contributed by atoms with Crippen LogP contribution in [0.2, 0.25) is 0 Å². The second-order valence-corrected chi connectivity index (χ2v) is 3.10. The van der Waals surface area contributed by atoms with Crippen LogP contribution in [0.5, 0.6) is 0 Å². The molecule has 8 heteroatoms. The molecule has 2 amide bonds. The molecule has 0 fully saturated rings. The number of carbonyl (C=O) groups excluding carboxylic acids is 1. The fraction of sp³-hybridized carbons (Fsp3) is 0.333. The Balaban J connectivity index is 2.37. The van der Waals surface area contributed by atoms with Crippen molar-refractivity contribution < 1.29 is 14.7 Å². The number of nitrogens with one attached hydrogen (secondary N) is 2. The number of aliphatic carboxylic acids is 1. The van der Waals surface area contributed by atoms with E-state index >= 15 is 0 Å². The Hall–Kier alpha value is -1.70. The van der Waals surface area contributed by atoms with Crippen LogP contribution in [-0.2, 0) is 4.79 Å². The summed E-state index contributed by atoms with van der Waals surface area (Å²) >= 11 is 1.03. The average Bonchev–Trinajstić information content (AvgIpc) is 2.48. The smallest absolute Gasteiger partial charge is 0.323 e. The van der Waals surface area contributed by atoms with Gasteiger partial charge in [0.15, 0.2) is 0 Å². The molecule has 0 spiro atoms. The monoisotopic (exact) mass is 216 g/mol. The molecule has 76 valence electrons. The van der Waals surface area contributed by atoms with Crippen molar-refractivity contribution >= 4 is 28.7 Å². The molecule has 0 saturated carbocycles. The summed E-state index contributed by atoms with van der Waals surface area (Å²) in [5.74, 6) is -0.544. The first-order valence-corrected chi connectivity index (χ1v) is 4.42. The van der Waals surface area contributed by atoms with Crippen molar-refractivity contribution in [1.29, 1.82) is 0 Å². The van der Waals surface area contributed by atoms with Gasteiger partial charge in [0.2, 0.25) is 5.13 Å². The average molecular weight is 216 g/mol. The van der Waals surface area contributed by atoms with Crippen LogP contribution in [0.4, 0.5) is 9.93 Å². The molecule has 0 atom stereocenters. The molecule has 1 rings (SSSR count). The van der Waals surface area contributed by atoms with E-state index in [1.165, 1.54) is 0 Å². The van der Waals surface area contributed by atoms with Gasteiger partial charge in [-0.1, -0.05) is 0 Å². The van der Waals surface area contributed by atoms with Gasteiger partial charge in [-0.05, 0) is 6.92 Å². The minimum absolute atomic E-state index is 0.338. The third-order valence-corrected chi connectivity index (χ3v) is 1.87. The van der Waals surface area contributed by atoms with Crippen LogP contribution in [0.15, 0.2) is 0 Å². The molecule has 0 aromatic carbocycles. The van der Waals surface area contributed by atoms with E-state index in [1.54, 1.807) is 6.92 Å². The summed E-state index contributed by atoms with van der Waals surface area (Å²) < 4.78 is 3.84. The lowest BCUT2D eigenvalue weighted by molar-refractivity contribution is -0.135. The predicted molar refractivity (Wildman–Crippen MR) is 49.3 cm³/mol. The van der Waals surface area contributed by atoms with Crippen molar-refractivity contribution in [3.63, 3.8) is 0 Å². The van der Waals surface area contributed by atoms with Crippen molar-refractivity contribution in [1.82, 2.24) is 14.7 Å². The van der Waals surface area contributed by atoms with Crippen molar-refractivity contribution in [2.45, 2.75) is 6.92 Å². The number of anilines is 1. The van der Waals surface area contributed by atoms with Gasteiger partial charge in [0.05, 0.1) is 0 Å². The highest BCUT2D eigenvalue weighted by atomic mass is 32.1. The summed E-state index contributed by atoms with van der Waals surface area (Å²) in [6.45, 7) is 1.26. The number of carboxylic acid groups (broad SMARTS) is 1. The van der Waals surface area contributed by atoms with E-state index in [4.69, 9.17) is 5.11 Å². The molecule has 0 aliphatic carbocycles. The normalized spacial score (nSPS) is 9.50. The van der Waals surface area contributed by atoms with Crippen LogP contribution in [0, 0.1) is 6.92 Å². The number of hydrogen-bond acceptors (Lipinski definition) is 5. The zero-order valence-electron chi connectivity index (χ0n) is 7.27. The summed E-state index contributed by atoms with van der Waals surface area (Å²) in [6, 6.07) is -0.608. The maximum Gasteiger partial charge on any atom is 0.323 e. The van der Waals surface area contributed by atoms with Gasteiger partial charge in [-0.2, -0.15) is 4.37 Å². The number of aromatic nitrogens is 2. The van der Waals surface area contributed by atoms with Crippen LogP contribution >= 0.6 is 11.5 Å². The van der Waals surface area contributed by atoms with Crippen molar-refractivity contribution in [3.05, 3.63) is 5.82 Å². The van der Waals surface area contributed by atoms with E-state index in [1.807, 2.05) is 0 Å². The quantitative estimate of drug-likeness (QED) is 0.662. The highest BCUT2D eigenvalue weighted by Gasteiger charge is 2.06. The highest BCUT2D eigenvalue weighted by Crippen LogP contribution is 2.09. The molecule has 14 heavy (non-hydrogen) atoms. The largest absolute Gasteiger partial charge is 0.480 e. The molecule has 0 saturated heterocycles. The summed E-state index contributed by atoms with van der Waals surface area (Å²) in [4.78, 5) is 24.9. The molecule has 0 bridgehead atoms. The van der Waals surface area contributed by atoms with Crippen molar-refractivity contribution in [3.8, 4) is 0 Å². The Morgan fingerprint density at radius 3 is 2.79 bits per heavy atom. The van der Waals surface area contributed by atoms with Gasteiger partial charge in [0.25, 0.3) is 0 Å². The second kappa shape index (κ2) is 4.51. The molecule has 1 aromatic heterocycles. The number of urea groups is 1. The van der Waals surface area contributed by atoms with Gasteiger partial charge in [0.1, 0.15) is 12.4 Å². The van der Waals surface area contributed by atoms with Gasteiger partial charge in [0, 0.05) is 11.5 Å². The first-order chi connectivity index (χ1) is 6.58. The number of hydrogen-bond donors (Lipinski definition) is 3. The highest BCUT2D eigenvalue weighted by molar-refractivity contribution is 7.09. The van der Waals surface area contributed by atoms with E-state index in [2.05, 4.69) is 20.0 Å². The zero-order valence-corrected chi connectivity index (χ0v) is 8.09. The van der Waals surface area contributed by atoms with Gasteiger partial charge in [-0.3, -0.25) is 10.1 Å². The number of rotatable bonds is 3. The number of amides is 2. The lowest BCUT2D eigenvalue weighted by Gasteiger charge is -2.00. The minimum Gasteiger partial charge on any atom is -0.480 e. The Bertz CT molecular complexity index is 351. The second-order valence-electron chi connectivity index (χ2n) is 2.35. The SMILES string of the molecule is Cc1nsc(NC(=O)NCC(=O)O)n1. The Morgan fingerprint density at radius 1 is 1.57 bits per heavy atom. The fourth-order valence-electron chi connectivity index (χ4n) is 0.645. The minimum atomic E-state index is -1.10. The summed E-state index contributed by atoms with van der Waals surface area (Å²) in [5.41, 5.74) is 0.